The zero-order valence-electron chi connectivity index (χ0n) is 14.7. The number of benzene rings is 2. The van der Waals surface area contributed by atoms with E-state index in [0.29, 0.717) is 17.5 Å². The maximum Gasteiger partial charge on any atom is 0.257 e. The van der Waals surface area contributed by atoms with Gasteiger partial charge in [-0.05, 0) is 42.5 Å². The lowest BCUT2D eigenvalue weighted by Gasteiger charge is -2.09. The molecule has 1 aromatic heterocycles. The van der Waals surface area contributed by atoms with Gasteiger partial charge in [0, 0.05) is 24.1 Å². The molecule has 0 saturated carbocycles. The first-order valence-corrected chi connectivity index (χ1v) is 8.13. The quantitative estimate of drug-likeness (QED) is 0.701. The van der Waals surface area contributed by atoms with E-state index >= 15 is 0 Å². The van der Waals surface area contributed by atoms with Crippen molar-refractivity contribution in [3.63, 3.8) is 0 Å². The van der Waals surface area contributed by atoms with E-state index in [1.807, 2.05) is 0 Å². The minimum absolute atomic E-state index is 0.0473. The zero-order valence-corrected chi connectivity index (χ0v) is 14.7. The molecule has 0 fully saturated rings. The fourth-order valence-corrected chi connectivity index (χ4v) is 2.35. The number of amides is 2. The number of nitrogens with zero attached hydrogens (tertiary/aromatic N) is 1. The van der Waals surface area contributed by atoms with Gasteiger partial charge in [-0.25, -0.2) is 8.78 Å². The molecular weight excluding hydrogens is 368 g/mol. The Hall–Kier alpha value is -3.81. The van der Waals surface area contributed by atoms with Gasteiger partial charge >= 0.3 is 0 Å². The first-order valence-electron chi connectivity index (χ1n) is 8.13. The van der Waals surface area contributed by atoms with Crippen molar-refractivity contribution in [3.05, 3.63) is 83.7 Å². The molecule has 0 radical (unpaired) electrons. The van der Waals surface area contributed by atoms with E-state index in [2.05, 4.69) is 15.6 Å². The standard InChI is InChI=1S/C20H15F2N3O3/c1-28-16-5-3-15(4-6-16)24-19(26)12-8-13(11-23-10-12)20(27)25-18-7-2-14(21)9-17(18)22/h2-11H,1H3,(H,24,26)(H,25,27). The summed E-state index contributed by atoms with van der Waals surface area (Å²) in [5.41, 5.74) is 0.544. The van der Waals surface area contributed by atoms with Crippen LogP contribution >= 0.6 is 0 Å². The van der Waals surface area contributed by atoms with E-state index in [1.54, 1.807) is 24.3 Å². The number of hydrogen-bond acceptors (Lipinski definition) is 4. The van der Waals surface area contributed by atoms with Crippen LogP contribution in [0.1, 0.15) is 20.7 Å². The van der Waals surface area contributed by atoms with Crippen LogP contribution in [0.4, 0.5) is 20.2 Å². The van der Waals surface area contributed by atoms with Crippen molar-refractivity contribution in [2.24, 2.45) is 0 Å². The molecule has 0 spiro atoms. The Balaban J connectivity index is 1.73. The lowest BCUT2D eigenvalue weighted by atomic mass is 10.1. The lowest BCUT2D eigenvalue weighted by molar-refractivity contribution is 0.102. The lowest BCUT2D eigenvalue weighted by Crippen LogP contribution is -2.16. The molecule has 0 aliphatic rings. The van der Waals surface area contributed by atoms with Crippen molar-refractivity contribution in [2.75, 3.05) is 17.7 Å². The highest BCUT2D eigenvalue weighted by atomic mass is 19.1. The molecule has 0 unspecified atom stereocenters. The zero-order chi connectivity index (χ0) is 20.1. The van der Waals surface area contributed by atoms with Crippen LogP contribution < -0.4 is 15.4 Å². The summed E-state index contributed by atoms with van der Waals surface area (Å²) in [4.78, 5) is 28.6. The van der Waals surface area contributed by atoms with Gasteiger partial charge in [-0.2, -0.15) is 0 Å². The summed E-state index contributed by atoms with van der Waals surface area (Å²) in [6.45, 7) is 0. The van der Waals surface area contributed by atoms with Crippen LogP contribution in [0, 0.1) is 11.6 Å². The number of aromatic nitrogens is 1. The van der Waals surface area contributed by atoms with E-state index in [0.717, 1.165) is 12.1 Å². The predicted molar refractivity (Wildman–Crippen MR) is 99.5 cm³/mol. The van der Waals surface area contributed by atoms with Gasteiger partial charge in [0.25, 0.3) is 11.8 Å². The second-order valence-electron chi connectivity index (χ2n) is 5.72. The molecule has 0 atom stereocenters. The monoisotopic (exact) mass is 383 g/mol. The molecule has 2 amide bonds. The summed E-state index contributed by atoms with van der Waals surface area (Å²) in [5, 5.41) is 4.99. The number of rotatable bonds is 5. The fraction of sp³-hybridized carbons (Fsp3) is 0.0500. The highest BCUT2D eigenvalue weighted by Crippen LogP contribution is 2.18. The maximum atomic E-state index is 13.7. The molecule has 2 aromatic carbocycles. The average Bonchev–Trinajstić information content (AvgIpc) is 2.70. The summed E-state index contributed by atoms with van der Waals surface area (Å²) in [5.74, 6) is -2.17. The van der Waals surface area contributed by atoms with Crippen LogP contribution in [0.25, 0.3) is 0 Å². The van der Waals surface area contributed by atoms with Gasteiger partial charge in [0.2, 0.25) is 0 Å². The minimum atomic E-state index is -0.908. The number of anilines is 2. The average molecular weight is 383 g/mol. The second kappa shape index (κ2) is 8.26. The minimum Gasteiger partial charge on any atom is -0.497 e. The summed E-state index contributed by atoms with van der Waals surface area (Å²) < 4.78 is 31.7. The molecule has 8 heteroatoms. The van der Waals surface area contributed by atoms with E-state index in [-0.39, 0.29) is 16.8 Å². The molecule has 0 bridgehead atoms. The maximum absolute atomic E-state index is 13.7. The molecular formula is C20H15F2N3O3. The summed E-state index contributed by atoms with van der Waals surface area (Å²) >= 11 is 0. The van der Waals surface area contributed by atoms with Crippen molar-refractivity contribution < 1.29 is 23.1 Å². The summed E-state index contributed by atoms with van der Waals surface area (Å²) in [6.07, 6.45) is 2.54. The third-order valence-corrected chi connectivity index (χ3v) is 3.79. The van der Waals surface area contributed by atoms with Gasteiger partial charge in [0.05, 0.1) is 23.9 Å². The Morgan fingerprint density at radius 1 is 0.893 bits per heavy atom. The Bertz CT molecular complexity index is 1020. The molecule has 0 aliphatic heterocycles. The second-order valence-corrected chi connectivity index (χ2v) is 5.72. The molecule has 28 heavy (non-hydrogen) atoms. The smallest absolute Gasteiger partial charge is 0.257 e. The number of nitrogens with one attached hydrogen (secondary N) is 2. The number of carbonyl (C=O) groups excluding carboxylic acids is 2. The van der Waals surface area contributed by atoms with E-state index in [9.17, 15) is 18.4 Å². The van der Waals surface area contributed by atoms with Gasteiger partial charge < -0.3 is 15.4 Å². The number of ether oxygens (including phenoxy) is 1. The van der Waals surface area contributed by atoms with E-state index in [4.69, 9.17) is 4.74 Å². The molecule has 142 valence electrons. The molecule has 1 heterocycles. The molecule has 0 saturated heterocycles. The van der Waals surface area contributed by atoms with Crippen molar-refractivity contribution in [1.29, 1.82) is 0 Å². The Morgan fingerprint density at radius 2 is 1.54 bits per heavy atom. The third kappa shape index (κ3) is 4.47. The van der Waals surface area contributed by atoms with Gasteiger partial charge in [-0.3, -0.25) is 14.6 Å². The first kappa shape index (κ1) is 19.0. The van der Waals surface area contributed by atoms with Crippen molar-refractivity contribution in [2.45, 2.75) is 0 Å². The van der Waals surface area contributed by atoms with Crippen molar-refractivity contribution in [1.82, 2.24) is 4.98 Å². The molecule has 3 rings (SSSR count). The van der Waals surface area contributed by atoms with Gasteiger partial charge in [0.15, 0.2) is 0 Å². The van der Waals surface area contributed by atoms with Crippen molar-refractivity contribution in [3.8, 4) is 5.75 Å². The fourth-order valence-electron chi connectivity index (χ4n) is 2.35. The molecule has 2 N–H and O–H groups in total. The number of carbonyl (C=O) groups is 2. The normalized spacial score (nSPS) is 10.2. The number of hydrogen-bond donors (Lipinski definition) is 2. The third-order valence-electron chi connectivity index (χ3n) is 3.79. The molecule has 3 aromatic rings. The Kier molecular flexibility index (Phi) is 5.59. The van der Waals surface area contributed by atoms with Gasteiger partial charge in [-0.1, -0.05) is 0 Å². The van der Waals surface area contributed by atoms with Gasteiger partial charge in [0.1, 0.15) is 17.4 Å². The van der Waals surface area contributed by atoms with Crippen LogP contribution in [0.5, 0.6) is 5.75 Å². The molecule has 6 nitrogen and oxygen atoms in total. The number of halogens is 2. The SMILES string of the molecule is COc1ccc(NC(=O)c2cncc(C(=O)Nc3ccc(F)cc3F)c2)cc1. The van der Waals surface area contributed by atoms with Crippen LogP contribution in [-0.4, -0.2) is 23.9 Å². The van der Waals surface area contributed by atoms with Crippen LogP contribution in [0.15, 0.2) is 60.9 Å². The highest BCUT2D eigenvalue weighted by Gasteiger charge is 2.14. The predicted octanol–water partition coefficient (Wildman–Crippen LogP) is 3.87. The van der Waals surface area contributed by atoms with E-state index in [1.165, 1.54) is 25.6 Å². The highest BCUT2D eigenvalue weighted by molar-refractivity contribution is 6.08. The first-order chi connectivity index (χ1) is 13.5. The Morgan fingerprint density at radius 3 is 2.14 bits per heavy atom. The number of methoxy groups -OCH3 is 1. The largest absolute Gasteiger partial charge is 0.497 e. The molecule has 0 aliphatic carbocycles. The Labute approximate surface area is 159 Å². The van der Waals surface area contributed by atoms with Crippen LogP contribution in [-0.2, 0) is 0 Å². The number of pyridine rings is 1. The van der Waals surface area contributed by atoms with Gasteiger partial charge in [-0.15, -0.1) is 0 Å². The summed E-state index contributed by atoms with van der Waals surface area (Å²) in [6, 6.07) is 10.8. The van der Waals surface area contributed by atoms with Crippen LogP contribution in [0.3, 0.4) is 0 Å². The summed E-state index contributed by atoms with van der Waals surface area (Å²) in [7, 11) is 1.54. The van der Waals surface area contributed by atoms with E-state index < -0.39 is 23.4 Å². The van der Waals surface area contributed by atoms with Crippen LogP contribution in [0.2, 0.25) is 0 Å². The topological polar surface area (TPSA) is 80.3 Å². The van der Waals surface area contributed by atoms with Crippen molar-refractivity contribution >= 4 is 23.2 Å².